The van der Waals surface area contributed by atoms with Crippen LogP contribution in [0.5, 0.6) is 0 Å². The van der Waals surface area contributed by atoms with Crippen LogP contribution in [0.2, 0.25) is 0 Å². The van der Waals surface area contributed by atoms with E-state index in [1.807, 2.05) is 0 Å². The molecule has 1 fully saturated rings. The summed E-state index contributed by atoms with van der Waals surface area (Å²) in [5, 5.41) is 0. The van der Waals surface area contributed by atoms with Crippen molar-refractivity contribution in [2.24, 2.45) is 20.0 Å². The molecule has 0 aliphatic heterocycles. The summed E-state index contributed by atoms with van der Waals surface area (Å²) >= 11 is 0. The largest absolute Gasteiger partial charge is 0.330 e. The predicted octanol–water partition coefficient (Wildman–Crippen LogP) is 1.10. The fraction of sp³-hybridized carbons (Fsp3) is 0.733. The van der Waals surface area contributed by atoms with Crippen molar-refractivity contribution >= 4 is 0 Å². The third-order valence-corrected chi connectivity index (χ3v) is 4.35. The first-order valence-electron chi connectivity index (χ1n) is 7.43. The fourth-order valence-electron chi connectivity index (χ4n) is 3.08. The summed E-state index contributed by atoms with van der Waals surface area (Å²) in [6.45, 7) is 1.70. The van der Waals surface area contributed by atoms with E-state index in [0.717, 1.165) is 22.7 Å². The van der Waals surface area contributed by atoms with E-state index in [9.17, 15) is 9.59 Å². The number of hydrogen-bond donors (Lipinski definition) is 0. The van der Waals surface area contributed by atoms with Gasteiger partial charge in [-0.05, 0) is 25.8 Å². The first-order valence-corrected chi connectivity index (χ1v) is 7.43. The molecule has 0 saturated heterocycles. The highest BCUT2D eigenvalue weighted by atomic mass is 16.2. The molecular weight excluding hydrogens is 254 g/mol. The van der Waals surface area contributed by atoms with Crippen molar-refractivity contribution in [3.8, 4) is 0 Å². The van der Waals surface area contributed by atoms with Gasteiger partial charge in [0.25, 0.3) is 5.56 Å². The zero-order valence-corrected chi connectivity index (χ0v) is 12.8. The molecule has 1 aromatic rings. The smallest absolute Gasteiger partial charge is 0.300 e. The highest BCUT2D eigenvalue weighted by Crippen LogP contribution is 2.24. The number of nitrogens with zero attached hydrogens (tertiary/aromatic N) is 3. The molecule has 0 aromatic carbocycles. The van der Waals surface area contributed by atoms with Gasteiger partial charge in [-0.25, -0.2) is 4.79 Å². The van der Waals surface area contributed by atoms with Gasteiger partial charge in [0.1, 0.15) is 0 Å². The van der Waals surface area contributed by atoms with Crippen LogP contribution < -0.4 is 11.2 Å². The average molecular weight is 279 g/mol. The molecule has 112 valence electrons. The van der Waals surface area contributed by atoms with E-state index in [2.05, 4.69) is 11.9 Å². The second-order valence-corrected chi connectivity index (χ2v) is 6.08. The van der Waals surface area contributed by atoms with Crippen molar-refractivity contribution in [3.63, 3.8) is 0 Å². The van der Waals surface area contributed by atoms with Gasteiger partial charge in [0.05, 0.1) is 0 Å². The maximum Gasteiger partial charge on any atom is 0.330 e. The van der Waals surface area contributed by atoms with Crippen molar-refractivity contribution < 1.29 is 0 Å². The minimum absolute atomic E-state index is 0.228. The van der Waals surface area contributed by atoms with Gasteiger partial charge < -0.3 is 4.90 Å². The normalized spacial score (nSPS) is 16.8. The monoisotopic (exact) mass is 279 g/mol. The molecule has 5 nitrogen and oxygen atoms in total. The Morgan fingerprint density at radius 1 is 1.15 bits per heavy atom. The van der Waals surface area contributed by atoms with E-state index in [4.69, 9.17) is 0 Å². The summed E-state index contributed by atoms with van der Waals surface area (Å²) in [4.78, 5) is 25.8. The third kappa shape index (κ3) is 3.39. The molecule has 0 amide bonds. The van der Waals surface area contributed by atoms with E-state index in [1.165, 1.54) is 39.2 Å². The summed E-state index contributed by atoms with van der Waals surface area (Å²) in [7, 11) is 5.31. The van der Waals surface area contributed by atoms with Crippen LogP contribution in [0.1, 0.15) is 37.8 Å². The van der Waals surface area contributed by atoms with E-state index in [1.54, 1.807) is 17.7 Å². The lowest BCUT2D eigenvalue weighted by Gasteiger charge is -2.27. The molecule has 0 bridgehead atoms. The van der Waals surface area contributed by atoms with Crippen LogP contribution in [0.15, 0.2) is 15.7 Å². The van der Waals surface area contributed by atoms with Gasteiger partial charge in [-0.3, -0.25) is 13.9 Å². The lowest BCUT2D eigenvalue weighted by molar-refractivity contribution is 0.224. The number of rotatable bonds is 4. The van der Waals surface area contributed by atoms with Gasteiger partial charge in [-0.1, -0.05) is 19.3 Å². The summed E-state index contributed by atoms with van der Waals surface area (Å²) in [6, 6.07) is 1.57. The van der Waals surface area contributed by atoms with Crippen molar-refractivity contribution in [1.82, 2.24) is 14.0 Å². The predicted molar refractivity (Wildman–Crippen MR) is 79.8 cm³/mol. The van der Waals surface area contributed by atoms with Gasteiger partial charge in [0.2, 0.25) is 0 Å². The number of hydrogen-bond acceptors (Lipinski definition) is 3. The lowest BCUT2D eigenvalue weighted by atomic mass is 9.89. The standard InChI is InChI=1S/C15H25N3O2/c1-16(10-12-7-5-4-6-8-12)11-13-9-14(19)18(3)15(20)17(13)2/h9,12H,4-8,10-11H2,1-3H3. The SMILES string of the molecule is CN(Cc1cc(=O)n(C)c(=O)n1C)CC1CCCCC1. The third-order valence-electron chi connectivity index (χ3n) is 4.35. The molecule has 1 aliphatic carbocycles. The van der Waals surface area contributed by atoms with Crippen LogP contribution in [0.25, 0.3) is 0 Å². The molecule has 2 rings (SSSR count). The van der Waals surface area contributed by atoms with Crippen molar-refractivity contribution in [2.75, 3.05) is 13.6 Å². The Balaban J connectivity index is 2.06. The zero-order valence-electron chi connectivity index (χ0n) is 12.8. The van der Waals surface area contributed by atoms with Gasteiger partial charge in [0, 0.05) is 38.9 Å². The molecule has 0 spiro atoms. The van der Waals surface area contributed by atoms with Gasteiger partial charge >= 0.3 is 5.69 Å². The molecule has 0 N–H and O–H groups in total. The molecule has 20 heavy (non-hydrogen) atoms. The Hall–Kier alpha value is -1.36. The molecule has 1 saturated carbocycles. The van der Waals surface area contributed by atoms with Crippen molar-refractivity contribution in [3.05, 3.63) is 32.6 Å². The first-order chi connectivity index (χ1) is 9.49. The van der Waals surface area contributed by atoms with E-state index < -0.39 is 0 Å². The van der Waals surface area contributed by atoms with Crippen LogP contribution >= 0.6 is 0 Å². The Labute approximate surface area is 119 Å². The molecule has 1 heterocycles. The van der Waals surface area contributed by atoms with E-state index in [-0.39, 0.29) is 11.2 Å². The minimum Gasteiger partial charge on any atom is -0.300 e. The van der Waals surface area contributed by atoms with E-state index in [0.29, 0.717) is 6.54 Å². The zero-order chi connectivity index (χ0) is 14.7. The van der Waals surface area contributed by atoms with Crippen molar-refractivity contribution in [2.45, 2.75) is 38.6 Å². The van der Waals surface area contributed by atoms with Crippen LogP contribution in [-0.2, 0) is 20.6 Å². The Morgan fingerprint density at radius 2 is 1.80 bits per heavy atom. The highest BCUT2D eigenvalue weighted by molar-refractivity contribution is 5.02. The molecule has 1 aromatic heterocycles. The van der Waals surface area contributed by atoms with E-state index >= 15 is 0 Å². The molecule has 0 atom stereocenters. The van der Waals surface area contributed by atoms with Crippen LogP contribution in [-0.4, -0.2) is 27.6 Å². The lowest BCUT2D eigenvalue weighted by Crippen LogP contribution is -2.39. The summed E-state index contributed by atoms with van der Waals surface area (Å²) in [5.41, 5.74) is 0.309. The average Bonchev–Trinajstić information content (AvgIpc) is 2.43. The van der Waals surface area contributed by atoms with Gasteiger partial charge in [0.15, 0.2) is 0 Å². The topological polar surface area (TPSA) is 47.2 Å². The van der Waals surface area contributed by atoms with Crippen molar-refractivity contribution in [1.29, 1.82) is 0 Å². The van der Waals surface area contributed by atoms with Gasteiger partial charge in [-0.15, -0.1) is 0 Å². The van der Waals surface area contributed by atoms with Crippen LogP contribution in [0, 0.1) is 5.92 Å². The molecular formula is C15H25N3O2. The highest BCUT2D eigenvalue weighted by Gasteiger charge is 2.16. The second-order valence-electron chi connectivity index (χ2n) is 6.08. The maximum atomic E-state index is 11.9. The summed E-state index contributed by atoms with van der Waals surface area (Å²) in [5.74, 6) is 0.761. The van der Waals surface area contributed by atoms with Crippen LogP contribution in [0.4, 0.5) is 0 Å². The minimum atomic E-state index is -0.251. The molecule has 5 heteroatoms. The quantitative estimate of drug-likeness (QED) is 0.829. The fourth-order valence-corrected chi connectivity index (χ4v) is 3.08. The Kier molecular flexibility index (Phi) is 4.81. The number of aromatic nitrogens is 2. The maximum absolute atomic E-state index is 11.9. The molecule has 0 unspecified atom stereocenters. The first kappa shape index (κ1) is 15.0. The van der Waals surface area contributed by atoms with Crippen LogP contribution in [0.3, 0.4) is 0 Å². The Morgan fingerprint density at radius 3 is 2.45 bits per heavy atom. The second kappa shape index (κ2) is 6.39. The molecule has 0 radical (unpaired) electrons. The summed E-state index contributed by atoms with van der Waals surface area (Å²) in [6.07, 6.45) is 6.65. The summed E-state index contributed by atoms with van der Waals surface area (Å²) < 4.78 is 2.71. The molecule has 1 aliphatic rings. The van der Waals surface area contributed by atoms with Gasteiger partial charge in [-0.2, -0.15) is 0 Å². The Bertz CT molecular complexity index is 567.